The minimum atomic E-state index is -0.326. The molecule has 19 heavy (non-hydrogen) atoms. The molecule has 3 N–H and O–H groups in total. The molecule has 1 aromatic carbocycles. The van der Waals surface area contributed by atoms with E-state index in [0.717, 1.165) is 0 Å². The fraction of sp³-hybridized carbons (Fsp3) is 0.462. The number of hydrogen-bond donors (Lipinski definition) is 3. The second-order valence-electron chi connectivity index (χ2n) is 4.32. The van der Waals surface area contributed by atoms with Crippen LogP contribution in [0.25, 0.3) is 0 Å². The predicted molar refractivity (Wildman–Crippen MR) is 74.6 cm³/mol. The molecule has 1 aromatic rings. The maximum Gasteiger partial charge on any atom is 0.315 e. The fourth-order valence-corrected chi connectivity index (χ4v) is 1.47. The molecule has 0 spiro atoms. The predicted octanol–water partition coefficient (Wildman–Crippen LogP) is 1.79. The Balaban J connectivity index is 2.29. The summed E-state index contributed by atoms with van der Waals surface area (Å²) in [5.74, 6) is 0.697. The van der Waals surface area contributed by atoms with E-state index in [1.54, 1.807) is 31.2 Å². The van der Waals surface area contributed by atoms with Crippen LogP contribution in [-0.4, -0.2) is 36.4 Å². The monoisotopic (exact) mass is 286 g/mol. The summed E-state index contributed by atoms with van der Waals surface area (Å²) in [6.07, 6.45) is -0.170. The maximum atomic E-state index is 11.4. The molecule has 5 nitrogen and oxygen atoms in total. The van der Waals surface area contributed by atoms with Crippen LogP contribution >= 0.6 is 11.6 Å². The van der Waals surface area contributed by atoms with Gasteiger partial charge in [-0.1, -0.05) is 11.6 Å². The van der Waals surface area contributed by atoms with Crippen molar-refractivity contribution in [3.05, 3.63) is 29.3 Å². The number of halogens is 1. The van der Waals surface area contributed by atoms with Gasteiger partial charge in [0.2, 0.25) is 0 Å². The molecule has 2 amide bonds. The van der Waals surface area contributed by atoms with Gasteiger partial charge in [0.15, 0.2) is 0 Å². The highest BCUT2D eigenvalue weighted by molar-refractivity contribution is 6.30. The highest BCUT2D eigenvalue weighted by Crippen LogP contribution is 2.16. The van der Waals surface area contributed by atoms with Crippen LogP contribution in [0, 0.1) is 0 Å². The molecule has 0 saturated heterocycles. The van der Waals surface area contributed by atoms with Gasteiger partial charge < -0.3 is 20.5 Å². The van der Waals surface area contributed by atoms with Gasteiger partial charge in [-0.05, 0) is 38.1 Å². The van der Waals surface area contributed by atoms with Gasteiger partial charge in [-0.25, -0.2) is 4.79 Å². The molecule has 2 atom stereocenters. The molecule has 2 unspecified atom stereocenters. The van der Waals surface area contributed by atoms with Crippen molar-refractivity contribution in [2.75, 3.05) is 13.2 Å². The third kappa shape index (κ3) is 6.31. The summed E-state index contributed by atoms with van der Waals surface area (Å²) in [6.45, 7) is 3.84. The van der Waals surface area contributed by atoms with Crippen molar-refractivity contribution in [1.82, 2.24) is 10.6 Å². The van der Waals surface area contributed by atoms with Gasteiger partial charge in [0, 0.05) is 5.02 Å². The lowest BCUT2D eigenvalue weighted by molar-refractivity contribution is 0.200. The Hall–Kier alpha value is -1.46. The molecule has 0 radical (unpaired) electrons. The number of urea groups is 1. The Labute approximate surface area is 117 Å². The van der Waals surface area contributed by atoms with E-state index in [-0.39, 0.29) is 24.8 Å². The number of carbonyl (C=O) groups is 1. The zero-order valence-corrected chi connectivity index (χ0v) is 11.8. The Bertz CT molecular complexity index is 397. The smallest absolute Gasteiger partial charge is 0.315 e. The van der Waals surface area contributed by atoms with Gasteiger partial charge in [0.25, 0.3) is 0 Å². The lowest BCUT2D eigenvalue weighted by atomic mass is 10.3. The van der Waals surface area contributed by atoms with E-state index in [0.29, 0.717) is 17.3 Å². The largest absolute Gasteiger partial charge is 0.489 e. The topological polar surface area (TPSA) is 70.6 Å². The SMILES string of the molecule is CC(CO)NC(=O)NCC(C)Oc1ccc(Cl)cc1. The summed E-state index contributed by atoms with van der Waals surface area (Å²) < 4.78 is 5.60. The highest BCUT2D eigenvalue weighted by atomic mass is 35.5. The molecule has 0 bridgehead atoms. The first-order valence-electron chi connectivity index (χ1n) is 6.08. The molecule has 106 valence electrons. The summed E-state index contributed by atoms with van der Waals surface area (Å²) in [6, 6.07) is 6.43. The minimum absolute atomic E-state index is 0.0930. The van der Waals surface area contributed by atoms with Crippen LogP contribution in [0.2, 0.25) is 5.02 Å². The maximum absolute atomic E-state index is 11.4. The minimum Gasteiger partial charge on any atom is -0.489 e. The standard InChI is InChI=1S/C13H19ClN2O3/c1-9(8-17)16-13(18)15-7-10(2)19-12-5-3-11(14)4-6-12/h3-6,9-10,17H,7-8H2,1-2H3,(H2,15,16,18). The van der Waals surface area contributed by atoms with Crippen LogP contribution in [0.5, 0.6) is 5.75 Å². The van der Waals surface area contributed by atoms with E-state index in [4.69, 9.17) is 21.4 Å². The molecule has 0 aromatic heterocycles. The highest BCUT2D eigenvalue weighted by Gasteiger charge is 2.08. The average Bonchev–Trinajstić information content (AvgIpc) is 2.39. The Kier molecular flexibility index (Phi) is 6.45. The van der Waals surface area contributed by atoms with Gasteiger partial charge in [-0.2, -0.15) is 0 Å². The quantitative estimate of drug-likeness (QED) is 0.747. The van der Waals surface area contributed by atoms with E-state index in [1.807, 2.05) is 6.92 Å². The van der Waals surface area contributed by atoms with Crippen LogP contribution in [0.4, 0.5) is 4.79 Å². The lowest BCUT2D eigenvalue weighted by Crippen LogP contribution is -2.45. The van der Waals surface area contributed by atoms with Gasteiger partial charge in [0.1, 0.15) is 11.9 Å². The van der Waals surface area contributed by atoms with Crippen LogP contribution < -0.4 is 15.4 Å². The summed E-state index contributed by atoms with van der Waals surface area (Å²) in [4.78, 5) is 11.4. The number of hydrogen-bond acceptors (Lipinski definition) is 3. The molecule has 0 aliphatic heterocycles. The van der Waals surface area contributed by atoms with Gasteiger partial charge in [0.05, 0.1) is 19.2 Å². The summed E-state index contributed by atoms with van der Waals surface area (Å²) in [7, 11) is 0. The number of carbonyl (C=O) groups excluding carboxylic acids is 1. The van der Waals surface area contributed by atoms with Crippen molar-refractivity contribution in [3.8, 4) is 5.75 Å². The third-order valence-electron chi connectivity index (χ3n) is 2.35. The van der Waals surface area contributed by atoms with Crippen LogP contribution in [0.1, 0.15) is 13.8 Å². The van der Waals surface area contributed by atoms with Crippen molar-refractivity contribution < 1.29 is 14.6 Å². The number of aliphatic hydroxyl groups excluding tert-OH is 1. The van der Waals surface area contributed by atoms with Crippen molar-refractivity contribution >= 4 is 17.6 Å². The normalized spacial score (nSPS) is 13.5. The number of rotatable bonds is 6. The second kappa shape index (κ2) is 7.86. The number of benzene rings is 1. The van der Waals surface area contributed by atoms with Gasteiger partial charge >= 0.3 is 6.03 Å². The first-order valence-corrected chi connectivity index (χ1v) is 6.46. The summed E-state index contributed by atoms with van der Waals surface area (Å²) in [5.41, 5.74) is 0. The Morgan fingerprint density at radius 3 is 2.58 bits per heavy atom. The molecular formula is C13H19ClN2O3. The average molecular weight is 287 g/mol. The molecule has 6 heteroatoms. The number of ether oxygens (including phenoxy) is 1. The van der Waals surface area contributed by atoms with E-state index in [2.05, 4.69) is 10.6 Å². The lowest BCUT2D eigenvalue weighted by Gasteiger charge is -2.17. The zero-order valence-electron chi connectivity index (χ0n) is 11.0. The third-order valence-corrected chi connectivity index (χ3v) is 2.60. The molecular weight excluding hydrogens is 268 g/mol. The molecule has 0 aliphatic rings. The van der Waals surface area contributed by atoms with Crippen molar-refractivity contribution in [2.24, 2.45) is 0 Å². The van der Waals surface area contributed by atoms with E-state index in [1.165, 1.54) is 0 Å². The zero-order chi connectivity index (χ0) is 14.3. The van der Waals surface area contributed by atoms with Crippen LogP contribution in [0.15, 0.2) is 24.3 Å². The molecule has 0 fully saturated rings. The van der Waals surface area contributed by atoms with Gasteiger partial charge in [-0.15, -0.1) is 0 Å². The molecule has 1 rings (SSSR count). The summed E-state index contributed by atoms with van der Waals surface area (Å²) >= 11 is 5.77. The first-order chi connectivity index (χ1) is 9.01. The molecule has 0 aliphatic carbocycles. The number of amides is 2. The molecule has 0 heterocycles. The molecule has 0 saturated carbocycles. The summed E-state index contributed by atoms with van der Waals surface area (Å²) in [5, 5.41) is 14.7. The van der Waals surface area contributed by atoms with E-state index >= 15 is 0 Å². The second-order valence-corrected chi connectivity index (χ2v) is 4.76. The van der Waals surface area contributed by atoms with Crippen LogP contribution in [-0.2, 0) is 0 Å². The Morgan fingerprint density at radius 1 is 1.37 bits per heavy atom. The van der Waals surface area contributed by atoms with Crippen molar-refractivity contribution in [3.63, 3.8) is 0 Å². The fourth-order valence-electron chi connectivity index (χ4n) is 1.34. The van der Waals surface area contributed by atoms with Crippen LogP contribution in [0.3, 0.4) is 0 Å². The number of nitrogens with one attached hydrogen (secondary N) is 2. The Morgan fingerprint density at radius 2 is 2.00 bits per heavy atom. The number of aliphatic hydroxyl groups is 1. The van der Waals surface area contributed by atoms with E-state index in [9.17, 15) is 4.79 Å². The van der Waals surface area contributed by atoms with Gasteiger partial charge in [-0.3, -0.25) is 0 Å². The first kappa shape index (κ1) is 15.6. The van der Waals surface area contributed by atoms with E-state index < -0.39 is 0 Å². The van der Waals surface area contributed by atoms with Crippen molar-refractivity contribution in [1.29, 1.82) is 0 Å². The van der Waals surface area contributed by atoms with Crippen molar-refractivity contribution in [2.45, 2.75) is 26.0 Å².